The molecule has 1 saturated heterocycles. The molecule has 0 bridgehead atoms. The molecule has 1 atom stereocenters. The summed E-state index contributed by atoms with van der Waals surface area (Å²) in [6, 6.07) is 12.9. The standard InChI is InChI=1S/C23H29FN4O/c1-26-11-13-28(14-12-26)22(16-25-23(29)19-5-3-4-6-20(19)24)17-7-8-21-18(15-17)9-10-27(21)2/h3-8,15,22H,9-14,16H2,1-2H3,(H,25,29)/t22-/m1/s1. The summed E-state index contributed by atoms with van der Waals surface area (Å²) in [5.41, 5.74) is 3.98. The van der Waals surface area contributed by atoms with Gasteiger partial charge in [-0.25, -0.2) is 4.39 Å². The van der Waals surface area contributed by atoms with Gasteiger partial charge in [0.05, 0.1) is 11.6 Å². The smallest absolute Gasteiger partial charge is 0.254 e. The summed E-state index contributed by atoms with van der Waals surface area (Å²) in [5, 5.41) is 2.98. The van der Waals surface area contributed by atoms with Crippen molar-refractivity contribution in [1.82, 2.24) is 15.1 Å². The molecular weight excluding hydrogens is 367 g/mol. The first-order valence-corrected chi connectivity index (χ1v) is 10.3. The van der Waals surface area contributed by atoms with Gasteiger partial charge in [0, 0.05) is 52.0 Å². The van der Waals surface area contributed by atoms with Gasteiger partial charge in [-0.2, -0.15) is 0 Å². The molecule has 154 valence electrons. The highest BCUT2D eigenvalue weighted by atomic mass is 19.1. The van der Waals surface area contributed by atoms with Crippen molar-refractivity contribution in [3.63, 3.8) is 0 Å². The minimum Gasteiger partial charge on any atom is -0.374 e. The van der Waals surface area contributed by atoms with E-state index in [2.05, 4.69) is 52.3 Å². The minimum atomic E-state index is -0.485. The average Bonchev–Trinajstić information content (AvgIpc) is 3.10. The summed E-state index contributed by atoms with van der Waals surface area (Å²) in [6.45, 7) is 5.42. The van der Waals surface area contributed by atoms with Crippen molar-refractivity contribution < 1.29 is 9.18 Å². The van der Waals surface area contributed by atoms with Gasteiger partial charge >= 0.3 is 0 Å². The van der Waals surface area contributed by atoms with Crippen LogP contribution in [0.1, 0.15) is 27.5 Å². The Morgan fingerprint density at radius 3 is 2.59 bits per heavy atom. The number of amides is 1. The molecule has 6 heteroatoms. The Morgan fingerprint density at radius 1 is 1.07 bits per heavy atom. The number of hydrogen-bond donors (Lipinski definition) is 1. The molecule has 0 saturated carbocycles. The fourth-order valence-corrected chi connectivity index (χ4v) is 4.32. The summed E-state index contributed by atoms with van der Waals surface area (Å²) in [7, 11) is 4.26. The quantitative estimate of drug-likeness (QED) is 0.843. The molecule has 2 aromatic carbocycles. The predicted octanol–water partition coefficient (Wildman–Crippen LogP) is 2.54. The zero-order chi connectivity index (χ0) is 20.4. The topological polar surface area (TPSA) is 38.8 Å². The van der Waals surface area contributed by atoms with Crippen LogP contribution >= 0.6 is 0 Å². The van der Waals surface area contributed by atoms with E-state index >= 15 is 0 Å². The Labute approximate surface area is 172 Å². The Hall–Kier alpha value is -2.44. The summed E-state index contributed by atoms with van der Waals surface area (Å²) >= 11 is 0. The van der Waals surface area contributed by atoms with Crippen LogP contribution in [-0.4, -0.2) is 69.1 Å². The van der Waals surface area contributed by atoms with Crippen molar-refractivity contribution in [2.45, 2.75) is 12.5 Å². The Bertz CT molecular complexity index is 879. The van der Waals surface area contributed by atoms with E-state index in [-0.39, 0.29) is 17.5 Å². The molecule has 1 amide bonds. The summed E-state index contributed by atoms with van der Waals surface area (Å²) in [5.74, 6) is -0.843. The second-order valence-corrected chi connectivity index (χ2v) is 8.10. The number of likely N-dealkylation sites (N-methyl/N-ethyl adjacent to an activating group) is 2. The molecule has 2 heterocycles. The Morgan fingerprint density at radius 2 is 1.83 bits per heavy atom. The normalized spacial score (nSPS) is 18.5. The number of carbonyl (C=O) groups is 1. The summed E-state index contributed by atoms with van der Waals surface area (Å²) in [4.78, 5) is 19.6. The fourth-order valence-electron chi connectivity index (χ4n) is 4.32. The van der Waals surface area contributed by atoms with Crippen molar-refractivity contribution in [2.75, 3.05) is 58.3 Å². The molecule has 2 aliphatic heterocycles. The van der Waals surface area contributed by atoms with E-state index in [1.165, 1.54) is 28.9 Å². The number of fused-ring (bicyclic) bond motifs is 1. The number of nitrogens with zero attached hydrogens (tertiary/aromatic N) is 3. The van der Waals surface area contributed by atoms with Crippen molar-refractivity contribution in [1.29, 1.82) is 0 Å². The van der Waals surface area contributed by atoms with Gasteiger partial charge in [-0.05, 0) is 42.8 Å². The number of piperazine rings is 1. The molecule has 2 aromatic rings. The van der Waals surface area contributed by atoms with Crippen LogP contribution < -0.4 is 10.2 Å². The molecule has 0 aliphatic carbocycles. The first-order chi connectivity index (χ1) is 14.0. The van der Waals surface area contributed by atoms with Gasteiger partial charge in [-0.15, -0.1) is 0 Å². The van der Waals surface area contributed by atoms with Crippen molar-refractivity contribution in [2.24, 2.45) is 0 Å². The van der Waals surface area contributed by atoms with Crippen molar-refractivity contribution in [3.8, 4) is 0 Å². The second kappa shape index (κ2) is 8.51. The van der Waals surface area contributed by atoms with Crippen LogP contribution in [0.2, 0.25) is 0 Å². The zero-order valence-corrected chi connectivity index (χ0v) is 17.2. The van der Waals surface area contributed by atoms with Crippen molar-refractivity contribution >= 4 is 11.6 Å². The van der Waals surface area contributed by atoms with E-state index in [1.807, 2.05) is 0 Å². The molecule has 4 rings (SSSR count). The largest absolute Gasteiger partial charge is 0.374 e. The lowest BCUT2D eigenvalue weighted by Gasteiger charge is -2.38. The highest BCUT2D eigenvalue weighted by molar-refractivity contribution is 5.94. The molecule has 5 nitrogen and oxygen atoms in total. The van der Waals surface area contributed by atoms with E-state index in [0.29, 0.717) is 6.54 Å². The van der Waals surface area contributed by atoms with E-state index < -0.39 is 5.82 Å². The monoisotopic (exact) mass is 396 g/mol. The third-order valence-electron chi connectivity index (χ3n) is 6.17. The second-order valence-electron chi connectivity index (χ2n) is 8.10. The first-order valence-electron chi connectivity index (χ1n) is 10.3. The maximum absolute atomic E-state index is 14.0. The number of carbonyl (C=O) groups excluding carboxylic acids is 1. The number of halogens is 1. The number of benzene rings is 2. The van der Waals surface area contributed by atoms with E-state index in [0.717, 1.165) is 39.1 Å². The average molecular weight is 397 g/mol. The highest BCUT2D eigenvalue weighted by Gasteiger charge is 2.26. The van der Waals surface area contributed by atoms with Crippen LogP contribution in [0.15, 0.2) is 42.5 Å². The third-order valence-corrected chi connectivity index (χ3v) is 6.17. The molecule has 1 N–H and O–H groups in total. The minimum absolute atomic E-state index is 0.0793. The van der Waals surface area contributed by atoms with Crippen LogP contribution in [0.25, 0.3) is 0 Å². The van der Waals surface area contributed by atoms with Crippen LogP contribution in [0.4, 0.5) is 10.1 Å². The lowest BCUT2D eigenvalue weighted by atomic mass is 10.00. The molecular formula is C23H29FN4O. The van der Waals surface area contributed by atoms with E-state index in [9.17, 15) is 9.18 Å². The lowest BCUT2D eigenvalue weighted by molar-refractivity contribution is 0.0883. The Balaban J connectivity index is 1.54. The molecule has 29 heavy (non-hydrogen) atoms. The van der Waals surface area contributed by atoms with E-state index in [1.54, 1.807) is 12.1 Å². The van der Waals surface area contributed by atoms with Gasteiger partial charge in [0.25, 0.3) is 5.91 Å². The van der Waals surface area contributed by atoms with Gasteiger partial charge in [-0.3, -0.25) is 9.69 Å². The van der Waals surface area contributed by atoms with Gasteiger partial charge in [0.2, 0.25) is 0 Å². The number of nitrogens with one attached hydrogen (secondary N) is 1. The van der Waals surface area contributed by atoms with Crippen LogP contribution in [0.3, 0.4) is 0 Å². The first kappa shape index (κ1) is 19.9. The third kappa shape index (κ3) is 4.28. The van der Waals surface area contributed by atoms with Gasteiger partial charge in [-0.1, -0.05) is 24.3 Å². The molecule has 1 fully saturated rings. The lowest BCUT2D eigenvalue weighted by Crippen LogP contribution is -2.48. The van der Waals surface area contributed by atoms with Crippen LogP contribution in [0, 0.1) is 5.82 Å². The molecule has 0 radical (unpaired) electrons. The zero-order valence-electron chi connectivity index (χ0n) is 17.2. The Kier molecular flexibility index (Phi) is 5.83. The molecule has 2 aliphatic rings. The number of rotatable bonds is 5. The summed E-state index contributed by atoms with van der Waals surface area (Å²) < 4.78 is 14.0. The number of anilines is 1. The van der Waals surface area contributed by atoms with Crippen LogP contribution in [-0.2, 0) is 6.42 Å². The highest BCUT2D eigenvalue weighted by Crippen LogP contribution is 2.31. The number of hydrogen-bond acceptors (Lipinski definition) is 4. The maximum atomic E-state index is 14.0. The molecule has 0 unspecified atom stereocenters. The summed E-state index contributed by atoms with van der Waals surface area (Å²) in [6.07, 6.45) is 1.05. The molecule has 0 spiro atoms. The van der Waals surface area contributed by atoms with Gasteiger partial charge in [0.1, 0.15) is 5.82 Å². The van der Waals surface area contributed by atoms with Gasteiger partial charge < -0.3 is 15.1 Å². The fraction of sp³-hybridized carbons (Fsp3) is 0.435. The van der Waals surface area contributed by atoms with Crippen molar-refractivity contribution in [3.05, 3.63) is 65.0 Å². The van der Waals surface area contributed by atoms with Gasteiger partial charge in [0.15, 0.2) is 0 Å². The van der Waals surface area contributed by atoms with Crippen LogP contribution in [0.5, 0.6) is 0 Å². The maximum Gasteiger partial charge on any atom is 0.254 e. The van der Waals surface area contributed by atoms with E-state index in [4.69, 9.17) is 0 Å². The molecule has 0 aromatic heterocycles. The SMILES string of the molecule is CN1CCN([C@H](CNC(=O)c2ccccc2F)c2ccc3c(c2)CCN3C)CC1. The predicted molar refractivity (Wildman–Crippen MR) is 114 cm³/mol.